The number of halogens is 1. The highest BCUT2D eigenvalue weighted by atomic mass is 79.9. The van der Waals surface area contributed by atoms with E-state index in [2.05, 4.69) is 43.5 Å². The van der Waals surface area contributed by atoms with Crippen LogP contribution in [0.5, 0.6) is 0 Å². The van der Waals surface area contributed by atoms with E-state index in [0.717, 1.165) is 42.2 Å². The van der Waals surface area contributed by atoms with Gasteiger partial charge in [0.05, 0.1) is 16.6 Å². The summed E-state index contributed by atoms with van der Waals surface area (Å²) < 4.78 is 6.76. The molecule has 110 valence electrons. The number of nitrogens with one attached hydrogen (secondary N) is 2. The van der Waals surface area contributed by atoms with Crippen molar-refractivity contribution in [1.29, 1.82) is 0 Å². The van der Waals surface area contributed by atoms with E-state index in [1.165, 1.54) is 12.8 Å². The molecule has 5 nitrogen and oxygen atoms in total. The highest BCUT2D eigenvalue weighted by Crippen LogP contribution is 2.39. The molecule has 1 aliphatic carbocycles. The maximum Gasteiger partial charge on any atom is 0.224 e. The van der Waals surface area contributed by atoms with Crippen LogP contribution in [0.1, 0.15) is 32.6 Å². The molecule has 2 N–H and O–H groups in total. The molecule has 1 aromatic heterocycles. The summed E-state index contributed by atoms with van der Waals surface area (Å²) in [5.74, 6) is 2.28. The van der Waals surface area contributed by atoms with Crippen LogP contribution in [0.4, 0.5) is 11.8 Å². The zero-order chi connectivity index (χ0) is 13.9. The van der Waals surface area contributed by atoms with Crippen molar-refractivity contribution in [3.8, 4) is 0 Å². The lowest BCUT2D eigenvalue weighted by Gasteiger charge is -2.20. The molecule has 0 bridgehead atoms. The topological polar surface area (TPSA) is 59.1 Å². The first-order chi connectivity index (χ1) is 9.78. The van der Waals surface area contributed by atoms with Crippen LogP contribution in [0.25, 0.3) is 0 Å². The van der Waals surface area contributed by atoms with Gasteiger partial charge in [0.15, 0.2) is 0 Å². The van der Waals surface area contributed by atoms with Crippen molar-refractivity contribution in [2.45, 2.75) is 44.8 Å². The number of nitrogens with zero attached hydrogens (tertiary/aromatic N) is 2. The number of ether oxygens (including phenoxy) is 1. The molecule has 1 saturated heterocycles. The first-order valence-corrected chi connectivity index (χ1v) is 8.21. The van der Waals surface area contributed by atoms with E-state index >= 15 is 0 Å². The van der Waals surface area contributed by atoms with Gasteiger partial charge in [0.25, 0.3) is 0 Å². The van der Waals surface area contributed by atoms with Crippen molar-refractivity contribution in [2.75, 3.05) is 23.8 Å². The molecule has 0 spiro atoms. The molecule has 6 heteroatoms. The van der Waals surface area contributed by atoms with Crippen molar-refractivity contribution in [1.82, 2.24) is 9.97 Å². The fraction of sp³-hybridized carbons (Fsp3) is 0.714. The zero-order valence-corrected chi connectivity index (χ0v) is 13.3. The van der Waals surface area contributed by atoms with Gasteiger partial charge in [0.2, 0.25) is 5.95 Å². The monoisotopic (exact) mass is 340 g/mol. The predicted octanol–water partition coefficient (Wildman–Crippen LogP) is 3.04. The lowest BCUT2D eigenvalue weighted by atomic mass is 10.1. The molecule has 0 amide bonds. The van der Waals surface area contributed by atoms with Crippen molar-refractivity contribution in [3.05, 3.63) is 10.7 Å². The molecule has 2 heterocycles. The molecule has 1 saturated carbocycles. The van der Waals surface area contributed by atoms with E-state index in [0.29, 0.717) is 18.1 Å². The molecule has 2 unspecified atom stereocenters. The zero-order valence-electron chi connectivity index (χ0n) is 11.7. The van der Waals surface area contributed by atoms with E-state index < -0.39 is 0 Å². The van der Waals surface area contributed by atoms with Crippen LogP contribution in [-0.4, -0.2) is 35.3 Å². The number of anilines is 2. The Kier molecular flexibility index (Phi) is 4.41. The molecule has 0 aromatic carbocycles. The third-order valence-corrected chi connectivity index (χ3v) is 4.40. The van der Waals surface area contributed by atoms with Crippen molar-refractivity contribution >= 4 is 27.7 Å². The first-order valence-electron chi connectivity index (χ1n) is 7.42. The van der Waals surface area contributed by atoms with E-state index in [4.69, 9.17) is 4.74 Å². The minimum absolute atomic E-state index is 0.351. The highest BCUT2D eigenvalue weighted by Gasteiger charge is 2.40. The van der Waals surface area contributed by atoms with Crippen LogP contribution in [0.2, 0.25) is 0 Å². The van der Waals surface area contributed by atoms with E-state index in [9.17, 15) is 0 Å². The van der Waals surface area contributed by atoms with Gasteiger partial charge in [-0.2, -0.15) is 4.98 Å². The highest BCUT2D eigenvalue weighted by molar-refractivity contribution is 9.10. The van der Waals surface area contributed by atoms with Crippen molar-refractivity contribution < 1.29 is 4.74 Å². The Morgan fingerprint density at radius 2 is 2.25 bits per heavy atom. The van der Waals surface area contributed by atoms with Crippen LogP contribution >= 0.6 is 15.9 Å². The van der Waals surface area contributed by atoms with Gasteiger partial charge < -0.3 is 15.4 Å². The van der Waals surface area contributed by atoms with Gasteiger partial charge in [-0.1, -0.05) is 6.92 Å². The van der Waals surface area contributed by atoms with Gasteiger partial charge in [-0.3, -0.25) is 0 Å². The standard InChI is InChI=1S/C14H21BrN4O/c1-2-6-16-14-17-8-10(15)13(19-14)18-11-5-7-20-12(11)9-3-4-9/h8-9,11-12H,2-7H2,1H3,(H2,16,17,18,19). The maximum atomic E-state index is 5.86. The molecule has 0 radical (unpaired) electrons. The molecule has 20 heavy (non-hydrogen) atoms. The summed E-state index contributed by atoms with van der Waals surface area (Å²) in [5.41, 5.74) is 0. The minimum atomic E-state index is 0.351. The fourth-order valence-corrected chi connectivity index (χ4v) is 2.93. The van der Waals surface area contributed by atoms with Crippen molar-refractivity contribution in [3.63, 3.8) is 0 Å². The number of aromatic nitrogens is 2. The summed E-state index contributed by atoms with van der Waals surface area (Å²) in [6.07, 6.45) is 6.87. The normalized spacial score (nSPS) is 25.7. The summed E-state index contributed by atoms with van der Waals surface area (Å²) in [5, 5.41) is 6.75. The van der Waals surface area contributed by atoms with Gasteiger partial charge in [-0.05, 0) is 47.5 Å². The van der Waals surface area contributed by atoms with Gasteiger partial charge in [0.1, 0.15) is 5.82 Å². The van der Waals surface area contributed by atoms with E-state index in [1.807, 2.05) is 0 Å². The third-order valence-electron chi connectivity index (χ3n) is 3.82. The largest absolute Gasteiger partial charge is 0.376 e. The Hall–Kier alpha value is -0.880. The molecular weight excluding hydrogens is 320 g/mol. The average Bonchev–Trinajstić information content (AvgIpc) is 3.20. The van der Waals surface area contributed by atoms with Crippen LogP contribution in [-0.2, 0) is 4.74 Å². The van der Waals surface area contributed by atoms with Gasteiger partial charge >= 0.3 is 0 Å². The smallest absolute Gasteiger partial charge is 0.224 e. The summed E-state index contributed by atoms with van der Waals surface area (Å²) in [6.45, 7) is 3.86. The van der Waals surface area contributed by atoms with Gasteiger partial charge in [-0.15, -0.1) is 0 Å². The summed E-state index contributed by atoms with van der Waals surface area (Å²) in [4.78, 5) is 8.83. The first kappa shape index (κ1) is 14.1. The number of hydrogen-bond donors (Lipinski definition) is 2. The molecule has 1 aliphatic heterocycles. The molecule has 2 atom stereocenters. The molecule has 1 aromatic rings. The second-order valence-corrected chi connectivity index (χ2v) is 6.38. The Balaban J connectivity index is 1.68. The van der Waals surface area contributed by atoms with E-state index in [-0.39, 0.29) is 0 Å². The van der Waals surface area contributed by atoms with Crippen LogP contribution < -0.4 is 10.6 Å². The molecule has 2 fully saturated rings. The van der Waals surface area contributed by atoms with Crippen LogP contribution in [0.3, 0.4) is 0 Å². The second kappa shape index (κ2) is 6.26. The Morgan fingerprint density at radius 1 is 1.40 bits per heavy atom. The Morgan fingerprint density at radius 3 is 3.00 bits per heavy atom. The van der Waals surface area contributed by atoms with Gasteiger partial charge in [0, 0.05) is 19.3 Å². The number of rotatable bonds is 6. The Labute approximate surface area is 128 Å². The number of hydrogen-bond acceptors (Lipinski definition) is 5. The molecule has 3 rings (SSSR count). The lowest BCUT2D eigenvalue weighted by molar-refractivity contribution is 0.0898. The fourth-order valence-electron chi connectivity index (χ4n) is 2.62. The lowest BCUT2D eigenvalue weighted by Crippen LogP contribution is -2.31. The SMILES string of the molecule is CCCNc1ncc(Br)c(NC2CCOC2C2CC2)n1. The van der Waals surface area contributed by atoms with E-state index in [1.54, 1.807) is 6.20 Å². The van der Waals surface area contributed by atoms with Gasteiger partial charge in [-0.25, -0.2) is 4.98 Å². The molecular formula is C14H21BrN4O. The second-order valence-electron chi connectivity index (χ2n) is 5.53. The maximum absolute atomic E-state index is 5.86. The quantitative estimate of drug-likeness (QED) is 0.833. The summed E-state index contributed by atoms with van der Waals surface area (Å²) >= 11 is 3.52. The Bertz CT molecular complexity index is 466. The van der Waals surface area contributed by atoms with Crippen LogP contribution in [0.15, 0.2) is 10.7 Å². The third kappa shape index (κ3) is 3.23. The van der Waals surface area contributed by atoms with Crippen LogP contribution in [0, 0.1) is 5.92 Å². The summed E-state index contributed by atoms with van der Waals surface area (Å²) in [7, 11) is 0. The average molecular weight is 341 g/mol. The molecule has 2 aliphatic rings. The predicted molar refractivity (Wildman–Crippen MR) is 83.0 cm³/mol. The summed E-state index contributed by atoms with van der Waals surface area (Å²) in [6, 6.07) is 0.368. The van der Waals surface area contributed by atoms with Crippen molar-refractivity contribution in [2.24, 2.45) is 5.92 Å². The minimum Gasteiger partial charge on any atom is -0.376 e.